The Morgan fingerprint density at radius 1 is 1.28 bits per heavy atom. The number of likely N-dealkylation sites (tertiary alicyclic amines) is 1. The molecule has 2 N–H and O–H groups in total. The van der Waals surface area contributed by atoms with Crippen molar-refractivity contribution in [2.45, 2.75) is 56.3 Å². The van der Waals surface area contributed by atoms with Crippen LogP contribution in [-0.4, -0.2) is 66.8 Å². The summed E-state index contributed by atoms with van der Waals surface area (Å²) in [5.41, 5.74) is 6.24. The smallest absolute Gasteiger partial charge is 0.0743 e. The van der Waals surface area contributed by atoms with Crippen molar-refractivity contribution in [3.63, 3.8) is 0 Å². The van der Waals surface area contributed by atoms with Crippen molar-refractivity contribution in [1.82, 2.24) is 9.80 Å². The van der Waals surface area contributed by atoms with E-state index in [1.807, 2.05) is 0 Å². The first-order valence-electron chi connectivity index (χ1n) is 7.46. The lowest BCUT2D eigenvalue weighted by Crippen LogP contribution is -2.60. The zero-order valence-electron chi connectivity index (χ0n) is 11.8. The molecule has 0 saturated carbocycles. The molecular weight excluding hydrogens is 226 g/mol. The topological polar surface area (TPSA) is 41.7 Å². The lowest BCUT2D eigenvalue weighted by molar-refractivity contribution is 0.0101. The van der Waals surface area contributed by atoms with Gasteiger partial charge in [0.2, 0.25) is 0 Å². The molecule has 3 fully saturated rings. The van der Waals surface area contributed by atoms with E-state index >= 15 is 0 Å². The zero-order chi connectivity index (χ0) is 12.8. The Kier molecular flexibility index (Phi) is 3.39. The van der Waals surface area contributed by atoms with Crippen molar-refractivity contribution in [2.75, 3.05) is 33.3 Å². The second-order valence-electron chi connectivity index (χ2n) is 6.36. The summed E-state index contributed by atoms with van der Waals surface area (Å²) in [4.78, 5) is 5.26. The van der Waals surface area contributed by atoms with Gasteiger partial charge in [0.15, 0.2) is 0 Å². The number of likely N-dealkylation sites (N-methyl/N-ethyl adjacent to an activating group) is 1. The van der Waals surface area contributed by atoms with E-state index < -0.39 is 0 Å². The molecule has 3 saturated heterocycles. The van der Waals surface area contributed by atoms with Crippen molar-refractivity contribution in [3.8, 4) is 0 Å². The summed E-state index contributed by atoms with van der Waals surface area (Å²) in [6.45, 7) is 6.18. The van der Waals surface area contributed by atoms with Gasteiger partial charge in [0.05, 0.1) is 11.6 Å². The average Bonchev–Trinajstić information content (AvgIpc) is 2.82. The first kappa shape index (κ1) is 12.9. The highest BCUT2D eigenvalue weighted by Crippen LogP contribution is 2.36. The van der Waals surface area contributed by atoms with Crippen LogP contribution in [0, 0.1) is 0 Å². The third-order valence-corrected chi connectivity index (χ3v) is 5.79. The van der Waals surface area contributed by atoms with Crippen LogP contribution in [0.15, 0.2) is 0 Å². The number of ether oxygens (including phenoxy) is 1. The molecule has 0 aliphatic carbocycles. The van der Waals surface area contributed by atoms with Gasteiger partial charge in [-0.05, 0) is 39.7 Å². The molecule has 0 aromatic heterocycles. The normalized spacial score (nSPS) is 46.5. The highest BCUT2D eigenvalue weighted by atomic mass is 16.5. The Morgan fingerprint density at radius 2 is 2.06 bits per heavy atom. The van der Waals surface area contributed by atoms with Crippen molar-refractivity contribution >= 4 is 0 Å². The molecule has 104 valence electrons. The van der Waals surface area contributed by atoms with Gasteiger partial charge in [0.25, 0.3) is 0 Å². The molecule has 0 amide bonds. The zero-order valence-corrected chi connectivity index (χ0v) is 11.8. The Balaban J connectivity index is 1.80. The minimum Gasteiger partial charge on any atom is -0.376 e. The molecule has 0 aromatic rings. The van der Waals surface area contributed by atoms with Crippen LogP contribution in [-0.2, 0) is 4.74 Å². The predicted octanol–water partition coefficient (Wildman–Crippen LogP) is 0.661. The molecule has 0 aromatic carbocycles. The van der Waals surface area contributed by atoms with E-state index in [2.05, 4.69) is 23.8 Å². The summed E-state index contributed by atoms with van der Waals surface area (Å²) < 4.78 is 5.83. The molecule has 3 heterocycles. The second-order valence-corrected chi connectivity index (χ2v) is 6.36. The fourth-order valence-electron chi connectivity index (χ4n) is 4.30. The maximum absolute atomic E-state index is 6.14. The van der Waals surface area contributed by atoms with E-state index in [1.54, 1.807) is 0 Å². The molecule has 18 heavy (non-hydrogen) atoms. The van der Waals surface area contributed by atoms with Crippen LogP contribution < -0.4 is 5.73 Å². The van der Waals surface area contributed by atoms with Crippen molar-refractivity contribution in [3.05, 3.63) is 0 Å². The van der Waals surface area contributed by atoms with E-state index in [-0.39, 0.29) is 11.6 Å². The molecule has 3 aliphatic rings. The van der Waals surface area contributed by atoms with Gasteiger partial charge in [-0.15, -0.1) is 0 Å². The SMILES string of the molecule is CC1OCCC1(CN)N1CCC2CCC(C1)N2C. The molecule has 4 unspecified atom stereocenters. The standard InChI is InChI=1S/C14H27N3O/c1-11-14(10-15,6-8-18-11)17-7-5-12-3-4-13(9-17)16(12)2/h11-13H,3-10,15H2,1-2H3. The number of hydrogen-bond acceptors (Lipinski definition) is 4. The molecule has 2 bridgehead atoms. The fraction of sp³-hybridized carbons (Fsp3) is 1.00. The van der Waals surface area contributed by atoms with Gasteiger partial charge in [-0.3, -0.25) is 9.80 Å². The molecule has 4 atom stereocenters. The number of rotatable bonds is 2. The van der Waals surface area contributed by atoms with Gasteiger partial charge in [0.1, 0.15) is 0 Å². The average molecular weight is 253 g/mol. The van der Waals surface area contributed by atoms with Crippen molar-refractivity contribution in [2.24, 2.45) is 5.73 Å². The fourth-order valence-corrected chi connectivity index (χ4v) is 4.30. The van der Waals surface area contributed by atoms with Crippen molar-refractivity contribution in [1.29, 1.82) is 0 Å². The lowest BCUT2D eigenvalue weighted by Gasteiger charge is -2.43. The van der Waals surface area contributed by atoms with Crippen LogP contribution >= 0.6 is 0 Å². The van der Waals surface area contributed by atoms with E-state index in [1.165, 1.54) is 32.4 Å². The Morgan fingerprint density at radius 3 is 2.72 bits per heavy atom. The van der Waals surface area contributed by atoms with Crippen molar-refractivity contribution < 1.29 is 4.74 Å². The van der Waals surface area contributed by atoms with Gasteiger partial charge < -0.3 is 10.5 Å². The Labute approximate surface area is 110 Å². The summed E-state index contributed by atoms with van der Waals surface area (Å²) >= 11 is 0. The van der Waals surface area contributed by atoms with E-state index in [4.69, 9.17) is 10.5 Å². The third kappa shape index (κ3) is 1.82. The summed E-state index contributed by atoms with van der Waals surface area (Å²) in [5, 5.41) is 0. The van der Waals surface area contributed by atoms with Gasteiger partial charge in [-0.1, -0.05) is 0 Å². The summed E-state index contributed by atoms with van der Waals surface area (Å²) in [6, 6.07) is 1.53. The van der Waals surface area contributed by atoms with Gasteiger partial charge in [0, 0.05) is 38.3 Å². The second kappa shape index (κ2) is 4.75. The molecule has 0 radical (unpaired) electrons. The van der Waals surface area contributed by atoms with Gasteiger partial charge in [-0.25, -0.2) is 0 Å². The highest BCUT2D eigenvalue weighted by molar-refractivity contribution is 5.04. The van der Waals surface area contributed by atoms with Crippen LogP contribution in [0.3, 0.4) is 0 Å². The van der Waals surface area contributed by atoms with Crippen LogP contribution in [0.4, 0.5) is 0 Å². The first-order chi connectivity index (χ1) is 8.67. The quantitative estimate of drug-likeness (QED) is 0.785. The van der Waals surface area contributed by atoms with Gasteiger partial charge in [-0.2, -0.15) is 0 Å². The summed E-state index contributed by atoms with van der Waals surface area (Å²) in [5.74, 6) is 0. The summed E-state index contributed by atoms with van der Waals surface area (Å²) in [6.07, 6.45) is 5.42. The van der Waals surface area contributed by atoms with Gasteiger partial charge >= 0.3 is 0 Å². The molecule has 0 spiro atoms. The number of nitrogens with zero attached hydrogens (tertiary/aromatic N) is 2. The Bertz CT molecular complexity index is 311. The molecule has 4 heteroatoms. The van der Waals surface area contributed by atoms with Crippen LogP contribution in [0.25, 0.3) is 0 Å². The molecule has 3 rings (SSSR count). The third-order valence-electron chi connectivity index (χ3n) is 5.79. The maximum atomic E-state index is 6.14. The minimum atomic E-state index is 0.103. The monoisotopic (exact) mass is 253 g/mol. The minimum absolute atomic E-state index is 0.103. The first-order valence-corrected chi connectivity index (χ1v) is 7.46. The predicted molar refractivity (Wildman–Crippen MR) is 72.6 cm³/mol. The summed E-state index contributed by atoms with van der Waals surface area (Å²) in [7, 11) is 2.30. The Hall–Kier alpha value is -0.160. The number of nitrogens with two attached hydrogens (primary N) is 1. The lowest BCUT2D eigenvalue weighted by atomic mass is 9.88. The molecule has 3 aliphatic heterocycles. The van der Waals surface area contributed by atoms with Crippen LogP contribution in [0.5, 0.6) is 0 Å². The number of hydrogen-bond donors (Lipinski definition) is 1. The van der Waals surface area contributed by atoms with E-state index in [9.17, 15) is 0 Å². The highest BCUT2D eigenvalue weighted by Gasteiger charge is 2.48. The maximum Gasteiger partial charge on any atom is 0.0743 e. The van der Waals surface area contributed by atoms with Crippen LogP contribution in [0.1, 0.15) is 32.6 Å². The largest absolute Gasteiger partial charge is 0.376 e. The molecular formula is C14H27N3O. The van der Waals surface area contributed by atoms with E-state index in [0.29, 0.717) is 0 Å². The van der Waals surface area contributed by atoms with E-state index in [0.717, 1.165) is 31.7 Å². The molecule has 4 nitrogen and oxygen atoms in total. The number of fused-ring (bicyclic) bond motifs is 2. The van der Waals surface area contributed by atoms with Crippen LogP contribution in [0.2, 0.25) is 0 Å².